The summed E-state index contributed by atoms with van der Waals surface area (Å²) >= 11 is 0. The largest absolute Gasteiger partial charge is 0.378 e. The first-order chi connectivity index (χ1) is 9.40. The number of piperazine rings is 1. The van der Waals surface area contributed by atoms with E-state index in [1.165, 1.54) is 13.1 Å². The van der Waals surface area contributed by atoms with Crippen LogP contribution in [0.4, 0.5) is 0 Å². The molecule has 0 saturated carbocycles. The Labute approximate surface area is 120 Å². The Morgan fingerprint density at radius 1 is 1.11 bits per heavy atom. The molecule has 2 fully saturated rings. The molecule has 2 saturated heterocycles. The minimum atomic E-state index is 0.627. The predicted molar refractivity (Wildman–Crippen MR) is 83.4 cm³/mol. The van der Waals surface area contributed by atoms with Crippen LogP contribution in [0.1, 0.15) is 41.0 Å². The molecule has 2 aliphatic rings. The summed E-state index contributed by atoms with van der Waals surface area (Å²) in [6.45, 7) is 17.5. The van der Waals surface area contributed by atoms with Gasteiger partial charge in [0, 0.05) is 45.2 Å². The lowest BCUT2D eigenvalue weighted by Crippen LogP contribution is -2.58. The molecule has 0 aromatic rings. The Morgan fingerprint density at radius 2 is 1.84 bits per heavy atom. The fourth-order valence-electron chi connectivity index (χ4n) is 2.35. The van der Waals surface area contributed by atoms with Crippen LogP contribution < -0.4 is 0 Å². The van der Waals surface area contributed by atoms with E-state index in [2.05, 4.69) is 21.6 Å². The topological polar surface area (TPSA) is 15.7 Å². The molecule has 0 bridgehead atoms. The van der Waals surface area contributed by atoms with Crippen LogP contribution in [0.3, 0.4) is 0 Å². The predicted octanol–water partition coefficient (Wildman–Crippen LogP) is 2.47. The highest BCUT2D eigenvalue weighted by Crippen LogP contribution is 2.13. The van der Waals surface area contributed by atoms with E-state index in [9.17, 15) is 0 Å². The number of fused-ring (bicyclic) bond motifs is 1. The van der Waals surface area contributed by atoms with E-state index >= 15 is 0 Å². The molecule has 0 aliphatic carbocycles. The summed E-state index contributed by atoms with van der Waals surface area (Å²) in [7, 11) is 0. The van der Waals surface area contributed by atoms with Crippen LogP contribution in [0.15, 0.2) is 0 Å². The van der Waals surface area contributed by atoms with Crippen LogP contribution in [0, 0.1) is 11.8 Å². The fraction of sp³-hybridized carbons (Fsp3) is 0.875. The van der Waals surface area contributed by atoms with Crippen molar-refractivity contribution in [1.29, 1.82) is 0 Å². The molecule has 2 rings (SSSR count). The third-order valence-corrected chi connectivity index (χ3v) is 3.25. The summed E-state index contributed by atoms with van der Waals surface area (Å²) < 4.78 is 5.52. The molecular formula is C16H32N2O. The van der Waals surface area contributed by atoms with Gasteiger partial charge in [-0.05, 0) is 6.92 Å². The van der Waals surface area contributed by atoms with E-state index in [4.69, 9.17) is 4.74 Å². The highest BCUT2D eigenvalue weighted by Gasteiger charge is 2.28. The number of morpholine rings is 1. The summed E-state index contributed by atoms with van der Waals surface area (Å²) in [6, 6.07) is 0.627. The average molecular weight is 268 g/mol. The van der Waals surface area contributed by atoms with E-state index in [0.29, 0.717) is 6.04 Å². The molecule has 3 heteroatoms. The standard InChI is InChI=1S/C12H20N2O.2C2H6/c1-2-3-4-5-13-6-7-14-8-9-15-11-12(14)10-13;2*1-2/h12H,4-11H2,1H3;2*1-2H3. The second-order valence-electron chi connectivity index (χ2n) is 4.24. The van der Waals surface area contributed by atoms with Crippen molar-refractivity contribution in [2.24, 2.45) is 0 Å². The van der Waals surface area contributed by atoms with Crippen LogP contribution in [-0.4, -0.2) is 61.8 Å². The quantitative estimate of drug-likeness (QED) is 0.716. The van der Waals surface area contributed by atoms with Gasteiger partial charge in [-0.1, -0.05) is 27.7 Å². The lowest BCUT2D eigenvalue weighted by molar-refractivity contribution is -0.0441. The molecule has 0 radical (unpaired) electrons. The highest BCUT2D eigenvalue weighted by atomic mass is 16.5. The van der Waals surface area contributed by atoms with Gasteiger partial charge in [-0.15, -0.1) is 11.8 Å². The van der Waals surface area contributed by atoms with Gasteiger partial charge in [-0.25, -0.2) is 0 Å². The van der Waals surface area contributed by atoms with Gasteiger partial charge >= 0.3 is 0 Å². The monoisotopic (exact) mass is 268 g/mol. The highest BCUT2D eigenvalue weighted by molar-refractivity contribution is 4.96. The molecule has 2 aliphatic heterocycles. The van der Waals surface area contributed by atoms with Crippen LogP contribution in [0.5, 0.6) is 0 Å². The molecule has 19 heavy (non-hydrogen) atoms. The van der Waals surface area contributed by atoms with E-state index in [1.807, 2.05) is 34.6 Å². The van der Waals surface area contributed by atoms with Gasteiger partial charge < -0.3 is 4.74 Å². The Morgan fingerprint density at radius 3 is 2.53 bits per heavy atom. The second-order valence-corrected chi connectivity index (χ2v) is 4.24. The third-order valence-electron chi connectivity index (χ3n) is 3.25. The second kappa shape index (κ2) is 12.5. The maximum absolute atomic E-state index is 5.52. The first-order valence-corrected chi connectivity index (χ1v) is 7.84. The first-order valence-electron chi connectivity index (χ1n) is 7.84. The first kappa shape index (κ1) is 18.4. The van der Waals surface area contributed by atoms with Crippen LogP contribution in [0.25, 0.3) is 0 Å². The van der Waals surface area contributed by atoms with Crippen molar-refractivity contribution in [1.82, 2.24) is 9.80 Å². The molecule has 3 nitrogen and oxygen atoms in total. The molecule has 0 amide bonds. The van der Waals surface area contributed by atoms with Gasteiger partial charge in [-0.3, -0.25) is 9.80 Å². The molecule has 112 valence electrons. The summed E-state index contributed by atoms with van der Waals surface area (Å²) in [4.78, 5) is 5.08. The Bertz CT molecular complexity index is 257. The molecule has 2 heterocycles. The molecule has 0 aromatic carbocycles. The van der Waals surface area contributed by atoms with Gasteiger partial charge in [0.1, 0.15) is 0 Å². The van der Waals surface area contributed by atoms with E-state index < -0.39 is 0 Å². The van der Waals surface area contributed by atoms with Crippen molar-refractivity contribution in [3.63, 3.8) is 0 Å². The minimum absolute atomic E-state index is 0.627. The van der Waals surface area contributed by atoms with E-state index in [1.54, 1.807) is 0 Å². The van der Waals surface area contributed by atoms with Crippen molar-refractivity contribution in [3.05, 3.63) is 0 Å². The van der Waals surface area contributed by atoms with Crippen molar-refractivity contribution >= 4 is 0 Å². The number of hydrogen-bond acceptors (Lipinski definition) is 3. The summed E-state index contributed by atoms with van der Waals surface area (Å²) in [5.74, 6) is 6.08. The van der Waals surface area contributed by atoms with Crippen molar-refractivity contribution < 1.29 is 4.74 Å². The van der Waals surface area contributed by atoms with Crippen molar-refractivity contribution in [2.75, 3.05) is 45.9 Å². The maximum Gasteiger partial charge on any atom is 0.0634 e. The van der Waals surface area contributed by atoms with E-state index in [-0.39, 0.29) is 0 Å². The van der Waals surface area contributed by atoms with Crippen LogP contribution in [0.2, 0.25) is 0 Å². The molecule has 0 spiro atoms. The number of hydrogen-bond donors (Lipinski definition) is 0. The number of ether oxygens (including phenoxy) is 1. The molecule has 1 atom stereocenters. The van der Waals surface area contributed by atoms with Gasteiger partial charge in [0.05, 0.1) is 13.2 Å². The Hall–Kier alpha value is -0.560. The molecule has 0 aromatic heterocycles. The zero-order valence-corrected chi connectivity index (χ0v) is 13.5. The number of nitrogens with zero attached hydrogens (tertiary/aromatic N) is 2. The van der Waals surface area contributed by atoms with Crippen LogP contribution in [-0.2, 0) is 4.74 Å². The average Bonchev–Trinajstić information content (AvgIpc) is 2.51. The van der Waals surface area contributed by atoms with Gasteiger partial charge in [0.15, 0.2) is 0 Å². The lowest BCUT2D eigenvalue weighted by atomic mass is 10.1. The Kier molecular flexibility index (Phi) is 12.1. The van der Waals surface area contributed by atoms with Crippen molar-refractivity contribution in [2.45, 2.75) is 47.1 Å². The molecule has 0 N–H and O–H groups in total. The van der Waals surface area contributed by atoms with Gasteiger partial charge in [0.2, 0.25) is 0 Å². The van der Waals surface area contributed by atoms with Gasteiger partial charge in [-0.2, -0.15) is 0 Å². The zero-order chi connectivity index (χ0) is 14.5. The smallest absolute Gasteiger partial charge is 0.0634 e. The third kappa shape index (κ3) is 6.96. The normalized spacial score (nSPS) is 22.7. The Balaban J connectivity index is 0.000000741. The summed E-state index contributed by atoms with van der Waals surface area (Å²) in [5, 5.41) is 0. The minimum Gasteiger partial charge on any atom is -0.378 e. The van der Waals surface area contributed by atoms with Crippen molar-refractivity contribution in [3.8, 4) is 11.8 Å². The fourth-order valence-corrected chi connectivity index (χ4v) is 2.35. The SMILES string of the molecule is CC.CC.CC#CCCN1CCN2CCOCC2C1. The lowest BCUT2D eigenvalue weighted by Gasteiger charge is -2.43. The number of rotatable bonds is 2. The molecular weight excluding hydrogens is 236 g/mol. The van der Waals surface area contributed by atoms with Crippen LogP contribution >= 0.6 is 0 Å². The summed E-state index contributed by atoms with van der Waals surface area (Å²) in [6.07, 6.45) is 1.00. The maximum atomic E-state index is 5.52. The van der Waals surface area contributed by atoms with Gasteiger partial charge in [0.25, 0.3) is 0 Å². The molecule has 1 unspecified atom stereocenters. The zero-order valence-electron chi connectivity index (χ0n) is 13.5. The summed E-state index contributed by atoms with van der Waals surface area (Å²) in [5.41, 5.74) is 0. The van der Waals surface area contributed by atoms with E-state index in [0.717, 1.165) is 39.3 Å².